The molecule has 2 aromatic carbocycles. The van der Waals surface area contributed by atoms with Gasteiger partial charge < -0.3 is 10.1 Å². The molecule has 28 heavy (non-hydrogen) atoms. The Morgan fingerprint density at radius 1 is 1.29 bits per heavy atom. The van der Waals surface area contributed by atoms with Gasteiger partial charge in [-0.2, -0.15) is 0 Å². The summed E-state index contributed by atoms with van der Waals surface area (Å²) < 4.78 is 33.0. The summed E-state index contributed by atoms with van der Waals surface area (Å²) in [5.41, 5.74) is 1.80. The molecule has 0 aliphatic carbocycles. The van der Waals surface area contributed by atoms with E-state index in [9.17, 15) is 13.2 Å². The Labute approximate surface area is 170 Å². The minimum Gasteiger partial charge on any atom is -0.383 e. The molecule has 1 amide bonds. The molecule has 1 aliphatic heterocycles. The van der Waals surface area contributed by atoms with Crippen LogP contribution in [0.3, 0.4) is 0 Å². The highest BCUT2D eigenvalue weighted by Crippen LogP contribution is 2.32. The van der Waals surface area contributed by atoms with E-state index in [-0.39, 0.29) is 21.5 Å². The lowest BCUT2D eigenvalue weighted by Crippen LogP contribution is -2.37. The van der Waals surface area contributed by atoms with Crippen molar-refractivity contribution in [3.05, 3.63) is 58.6 Å². The highest BCUT2D eigenvalue weighted by molar-refractivity contribution is 7.92. The Morgan fingerprint density at radius 2 is 2.04 bits per heavy atom. The SMILES string of the molecule is COCC(C)NC(=O)c1cc(S(=O)(=O)N2CCCc3ccccc32)ccc1Cl. The lowest BCUT2D eigenvalue weighted by Gasteiger charge is -2.30. The molecule has 3 rings (SSSR count). The molecule has 0 fully saturated rings. The van der Waals surface area contributed by atoms with Crippen LogP contribution in [0.15, 0.2) is 47.4 Å². The van der Waals surface area contributed by atoms with Crippen molar-refractivity contribution in [1.29, 1.82) is 0 Å². The van der Waals surface area contributed by atoms with Crippen molar-refractivity contribution in [3.8, 4) is 0 Å². The first-order valence-electron chi connectivity index (χ1n) is 9.04. The summed E-state index contributed by atoms with van der Waals surface area (Å²) in [7, 11) is -2.28. The zero-order valence-corrected chi connectivity index (χ0v) is 17.4. The van der Waals surface area contributed by atoms with E-state index in [4.69, 9.17) is 16.3 Å². The van der Waals surface area contributed by atoms with E-state index in [0.717, 1.165) is 18.4 Å². The molecule has 1 atom stereocenters. The number of anilines is 1. The fraction of sp³-hybridized carbons (Fsp3) is 0.350. The summed E-state index contributed by atoms with van der Waals surface area (Å²) >= 11 is 6.17. The van der Waals surface area contributed by atoms with E-state index >= 15 is 0 Å². The van der Waals surface area contributed by atoms with Crippen molar-refractivity contribution >= 4 is 33.2 Å². The third-order valence-electron chi connectivity index (χ3n) is 4.63. The van der Waals surface area contributed by atoms with E-state index in [1.54, 1.807) is 14.0 Å². The zero-order valence-electron chi connectivity index (χ0n) is 15.8. The van der Waals surface area contributed by atoms with Crippen molar-refractivity contribution in [2.24, 2.45) is 0 Å². The average Bonchev–Trinajstić information content (AvgIpc) is 2.67. The molecule has 0 saturated heterocycles. The number of carbonyl (C=O) groups excluding carboxylic acids is 1. The van der Waals surface area contributed by atoms with Crippen LogP contribution >= 0.6 is 11.6 Å². The number of benzene rings is 2. The maximum Gasteiger partial charge on any atom is 0.264 e. The third-order valence-corrected chi connectivity index (χ3v) is 6.77. The zero-order chi connectivity index (χ0) is 20.3. The Bertz CT molecular complexity index is 978. The van der Waals surface area contributed by atoms with E-state index < -0.39 is 15.9 Å². The van der Waals surface area contributed by atoms with Crippen LogP contribution in [0.25, 0.3) is 0 Å². The monoisotopic (exact) mass is 422 g/mol. The number of methoxy groups -OCH3 is 1. The molecule has 2 aromatic rings. The Kier molecular flexibility index (Phi) is 6.27. The maximum absolute atomic E-state index is 13.3. The summed E-state index contributed by atoms with van der Waals surface area (Å²) in [6.45, 7) is 2.53. The van der Waals surface area contributed by atoms with Gasteiger partial charge in [-0.1, -0.05) is 29.8 Å². The second kappa shape index (κ2) is 8.51. The van der Waals surface area contributed by atoms with Gasteiger partial charge in [0.25, 0.3) is 15.9 Å². The lowest BCUT2D eigenvalue weighted by molar-refractivity contribution is 0.0905. The highest BCUT2D eigenvalue weighted by atomic mass is 35.5. The van der Waals surface area contributed by atoms with E-state index in [0.29, 0.717) is 18.8 Å². The number of fused-ring (bicyclic) bond motifs is 1. The number of hydrogen-bond donors (Lipinski definition) is 1. The van der Waals surface area contributed by atoms with Crippen molar-refractivity contribution in [3.63, 3.8) is 0 Å². The van der Waals surface area contributed by atoms with Crippen molar-refractivity contribution < 1.29 is 17.9 Å². The van der Waals surface area contributed by atoms with Crippen LogP contribution in [0.2, 0.25) is 5.02 Å². The molecule has 0 bridgehead atoms. The first kappa shape index (κ1) is 20.6. The molecule has 150 valence electrons. The number of nitrogens with one attached hydrogen (secondary N) is 1. The van der Waals surface area contributed by atoms with Gasteiger partial charge in [0.05, 0.1) is 27.8 Å². The summed E-state index contributed by atoms with van der Waals surface area (Å²) in [5.74, 6) is -0.439. The predicted octanol–water partition coefficient (Wildman–Crippen LogP) is 3.25. The molecular formula is C20H23ClN2O4S. The fourth-order valence-electron chi connectivity index (χ4n) is 3.31. The number of carbonyl (C=O) groups is 1. The summed E-state index contributed by atoms with van der Waals surface area (Å²) in [4.78, 5) is 12.6. The number of aryl methyl sites for hydroxylation is 1. The third kappa shape index (κ3) is 4.16. The van der Waals surface area contributed by atoms with Crippen molar-refractivity contribution in [2.75, 3.05) is 24.6 Å². The van der Waals surface area contributed by atoms with Crippen molar-refractivity contribution in [1.82, 2.24) is 5.32 Å². The van der Waals surface area contributed by atoms with Gasteiger partial charge in [0.2, 0.25) is 0 Å². The molecule has 1 heterocycles. The number of sulfonamides is 1. The summed E-state index contributed by atoms with van der Waals surface area (Å²) in [6.07, 6.45) is 1.58. The largest absolute Gasteiger partial charge is 0.383 e. The highest BCUT2D eigenvalue weighted by Gasteiger charge is 2.30. The van der Waals surface area contributed by atoms with Crippen LogP contribution in [-0.4, -0.2) is 40.6 Å². The van der Waals surface area contributed by atoms with E-state index in [1.807, 2.05) is 24.3 Å². The quantitative estimate of drug-likeness (QED) is 0.775. The molecule has 0 aromatic heterocycles. The Morgan fingerprint density at radius 3 is 2.79 bits per heavy atom. The van der Waals surface area contributed by atoms with Gasteiger partial charge in [-0.05, 0) is 49.6 Å². The van der Waals surface area contributed by atoms with E-state index in [2.05, 4.69) is 5.32 Å². The van der Waals surface area contributed by atoms with Gasteiger partial charge in [0, 0.05) is 19.7 Å². The molecule has 0 spiro atoms. The van der Waals surface area contributed by atoms with Gasteiger partial charge in [-0.25, -0.2) is 8.42 Å². The minimum absolute atomic E-state index is 0.0400. The number of hydrogen-bond acceptors (Lipinski definition) is 4. The second-order valence-electron chi connectivity index (χ2n) is 6.78. The molecule has 8 heteroatoms. The average molecular weight is 423 g/mol. The first-order valence-corrected chi connectivity index (χ1v) is 10.9. The van der Waals surface area contributed by atoms with Crippen LogP contribution in [0.5, 0.6) is 0 Å². The van der Waals surface area contributed by atoms with Crippen LogP contribution < -0.4 is 9.62 Å². The van der Waals surface area contributed by atoms with Crippen LogP contribution in [0.4, 0.5) is 5.69 Å². The fourth-order valence-corrected chi connectivity index (χ4v) is 5.08. The number of para-hydroxylation sites is 1. The first-order chi connectivity index (χ1) is 13.3. The summed E-state index contributed by atoms with van der Waals surface area (Å²) in [5, 5.41) is 2.95. The summed E-state index contributed by atoms with van der Waals surface area (Å²) in [6, 6.07) is 11.5. The molecule has 6 nitrogen and oxygen atoms in total. The standard InChI is InChI=1S/C20H23ClN2O4S/c1-14(13-27-2)22-20(24)17-12-16(9-10-18(17)21)28(25,26)23-11-5-7-15-6-3-4-8-19(15)23/h3-4,6,8-10,12,14H,5,7,11,13H2,1-2H3,(H,22,24). The topological polar surface area (TPSA) is 75.7 Å². The van der Waals surface area contributed by atoms with Gasteiger partial charge in [-0.15, -0.1) is 0 Å². The molecule has 0 radical (unpaired) electrons. The maximum atomic E-state index is 13.3. The second-order valence-corrected chi connectivity index (χ2v) is 9.05. The van der Waals surface area contributed by atoms with Crippen molar-refractivity contribution in [2.45, 2.75) is 30.7 Å². The van der Waals surface area contributed by atoms with E-state index in [1.165, 1.54) is 22.5 Å². The smallest absolute Gasteiger partial charge is 0.264 e. The number of ether oxygens (including phenoxy) is 1. The van der Waals surface area contributed by atoms with Crippen LogP contribution in [-0.2, 0) is 21.2 Å². The van der Waals surface area contributed by atoms with Gasteiger partial charge >= 0.3 is 0 Å². The molecule has 0 saturated carbocycles. The lowest BCUT2D eigenvalue weighted by atomic mass is 10.0. The van der Waals surface area contributed by atoms with Crippen LogP contribution in [0, 0.1) is 0 Å². The number of amides is 1. The van der Waals surface area contributed by atoms with Gasteiger partial charge in [0.1, 0.15) is 0 Å². The molecule has 1 aliphatic rings. The number of nitrogens with zero attached hydrogens (tertiary/aromatic N) is 1. The molecule has 1 unspecified atom stereocenters. The Balaban J connectivity index is 1.95. The molecular weight excluding hydrogens is 400 g/mol. The predicted molar refractivity (Wildman–Crippen MR) is 110 cm³/mol. The minimum atomic E-state index is -3.82. The normalized spacial score (nSPS) is 15.0. The number of rotatable bonds is 6. The number of halogens is 1. The Hall–Kier alpha value is -2.09. The van der Waals surface area contributed by atoms with Crippen LogP contribution in [0.1, 0.15) is 29.3 Å². The van der Waals surface area contributed by atoms with Gasteiger partial charge in [-0.3, -0.25) is 9.10 Å². The molecule has 1 N–H and O–H groups in total. The van der Waals surface area contributed by atoms with Gasteiger partial charge in [0.15, 0.2) is 0 Å².